The molecule has 5 rings (SSSR count). The van der Waals surface area contributed by atoms with Gasteiger partial charge < -0.3 is 4.90 Å². The fourth-order valence-corrected chi connectivity index (χ4v) is 4.22. The number of aromatic nitrogens is 4. The van der Waals surface area contributed by atoms with E-state index in [1.165, 1.54) is 0 Å². The molecule has 5 nitrogen and oxygen atoms in total. The smallest absolute Gasteiger partial charge is 0.213 e. The summed E-state index contributed by atoms with van der Waals surface area (Å²) in [6.45, 7) is 2.00. The minimum atomic E-state index is 0.849. The zero-order valence-electron chi connectivity index (χ0n) is 13.7. The molecule has 0 N–H and O–H groups in total. The van der Waals surface area contributed by atoms with Crippen molar-refractivity contribution >= 4 is 34.3 Å². The average Bonchev–Trinajstić information content (AvgIpc) is 3.14. The monoisotopic (exact) mass is 347 g/mol. The van der Waals surface area contributed by atoms with Crippen LogP contribution in [0.15, 0.2) is 54.6 Å². The predicted molar refractivity (Wildman–Crippen MR) is 103 cm³/mol. The van der Waals surface area contributed by atoms with E-state index >= 15 is 0 Å². The van der Waals surface area contributed by atoms with Gasteiger partial charge in [0.15, 0.2) is 11.5 Å². The number of nitrogens with zero attached hydrogens (tertiary/aromatic N) is 5. The third-order valence-corrected chi connectivity index (χ3v) is 5.50. The van der Waals surface area contributed by atoms with Gasteiger partial charge in [-0.1, -0.05) is 42.5 Å². The number of fused-ring (bicyclic) bond motifs is 3. The van der Waals surface area contributed by atoms with Crippen LogP contribution in [0.2, 0.25) is 0 Å². The largest absolute Gasteiger partial charge is 0.340 e. The molecule has 2 aromatic heterocycles. The van der Waals surface area contributed by atoms with Crippen LogP contribution in [0.3, 0.4) is 0 Å². The van der Waals surface area contributed by atoms with Crippen molar-refractivity contribution in [3.63, 3.8) is 0 Å². The molecule has 3 heterocycles. The van der Waals surface area contributed by atoms with E-state index in [9.17, 15) is 0 Å². The van der Waals surface area contributed by atoms with Gasteiger partial charge in [-0.25, -0.2) is 9.38 Å². The maximum absolute atomic E-state index is 4.99. The highest BCUT2D eigenvalue weighted by Gasteiger charge is 2.21. The molecular weight excluding hydrogens is 330 g/mol. The summed E-state index contributed by atoms with van der Waals surface area (Å²) in [5, 5.41) is 10.1. The number of hydrogen-bond donors (Lipinski definition) is 0. The van der Waals surface area contributed by atoms with Crippen molar-refractivity contribution in [2.45, 2.75) is 0 Å². The van der Waals surface area contributed by atoms with Crippen molar-refractivity contribution in [3.05, 3.63) is 54.6 Å². The van der Waals surface area contributed by atoms with E-state index in [4.69, 9.17) is 4.98 Å². The molecule has 1 aliphatic rings. The molecule has 0 amide bonds. The molecular formula is C19H17N5S. The van der Waals surface area contributed by atoms with Crippen LogP contribution in [0.4, 0.5) is 5.95 Å². The molecule has 0 radical (unpaired) electrons. The molecule has 0 unspecified atom stereocenters. The standard InChI is InChI=1S/C19H17N5S/c1-2-6-14(7-3-1)17-21-22-18-15-8-4-5-9-16(15)20-19(24(17)18)23-10-12-25-13-11-23/h1-9H,10-13H2. The minimum Gasteiger partial charge on any atom is -0.340 e. The zero-order chi connectivity index (χ0) is 16.6. The summed E-state index contributed by atoms with van der Waals surface area (Å²) in [5.41, 5.74) is 2.90. The van der Waals surface area contributed by atoms with Gasteiger partial charge in [0.1, 0.15) is 0 Å². The van der Waals surface area contributed by atoms with Crippen molar-refractivity contribution in [2.75, 3.05) is 29.5 Å². The highest BCUT2D eigenvalue weighted by molar-refractivity contribution is 7.99. The summed E-state index contributed by atoms with van der Waals surface area (Å²) in [7, 11) is 0. The molecule has 124 valence electrons. The number of thioether (sulfide) groups is 1. The molecule has 6 heteroatoms. The SMILES string of the molecule is c1ccc(-c2nnc3c4ccccc4nc(N4CCSCC4)n23)cc1. The number of para-hydroxylation sites is 1. The summed E-state index contributed by atoms with van der Waals surface area (Å²) >= 11 is 2.00. The summed E-state index contributed by atoms with van der Waals surface area (Å²) in [6, 6.07) is 18.4. The summed E-state index contributed by atoms with van der Waals surface area (Å²) < 4.78 is 2.12. The second-order valence-electron chi connectivity index (χ2n) is 6.08. The topological polar surface area (TPSA) is 46.3 Å². The Morgan fingerprint density at radius 3 is 2.44 bits per heavy atom. The van der Waals surface area contributed by atoms with Crippen LogP contribution in [-0.4, -0.2) is 44.2 Å². The van der Waals surface area contributed by atoms with Gasteiger partial charge in [0.2, 0.25) is 5.95 Å². The van der Waals surface area contributed by atoms with Gasteiger partial charge in [0.05, 0.1) is 5.52 Å². The van der Waals surface area contributed by atoms with Crippen molar-refractivity contribution in [1.82, 2.24) is 19.6 Å². The normalized spacial score (nSPS) is 15.1. The second kappa shape index (κ2) is 6.04. The van der Waals surface area contributed by atoms with Crippen molar-refractivity contribution < 1.29 is 0 Å². The Kier molecular flexibility index (Phi) is 3.56. The Labute approximate surface area is 149 Å². The van der Waals surface area contributed by atoms with E-state index < -0.39 is 0 Å². The van der Waals surface area contributed by atoms with Crippen LogP contribution in [0.1, 0.15) is 0 Å². The van der Waals surface area contributed by atoms with Crippen molar-refractivity contribution in [3.8, 4) is 11.4 Å². The molecule has 0 aliphatic carbocycles. The van der Waals surface area contributed by atoms with E-state index in [0.29, 0.717) is 0 Å². The molecule has 1 saturated heterocycles. The summed E-state index contributed by atoms with van der Waals surface area (Å²) in [4.78, 5) is 7.34. The molecule has 0 bridgehead atoms. The maximum Gasteiger partial charge on any atom is 0.213 e. The first-order valence-electron chi connectivity index (χ1n) is 8.44. The fourth-order valence-electron chi connectivity index (χ4n) is 3.32. The highest BCUT2D eigenvalue weighted by atomic mass is 32.2. The second-order valence-corrected chi connectivity index (χ2v) is 7.30. The molecule has 25 heavy (non-hydrogen) atoms. The lowest BCUT2D eigenvalue weighted by molar-refractivity contribution is 0.808. The first-order chi connectivity index (χ1) is 12.4. The first-order valence-corrected chi connectivity index (χ1v) is 9.59. The Bertz CT molecular complexity index is 1040. The molecule has 1 aliphatic heterocycles. The average molecular weight is 347 g/mol. The quantitative estimate of drug-likeness (QED) is 0.555. The van der Waals surface area contributed by atoms with E-state index in [1.54, 1.807) is 0 Å². The molecule has 4 aromatic rings. The van der Waals surface area contributed by atoms with Crippen LogP contribution >= 0.6 is 11.8 Å². The van der Waals surface area contributed by atoms with Gasteiger partial charge in [0, 0.05) is 35.5 Å². The van der Waals surface area contributed by atoms with Gasteiger partial charge >= 0.3 is 0 Å². The Balaban J connectivity index is 1.83. The lowest BCUT2D eigenvalue weighted by atomic mass is 10.2. The van der Waals surface area contributed by atoms with Crippen molar-refractivity contribution in [2.24, 2.45) is 0 Å². The molecule has 0 atom stereocenters. The van der Waals surface area contributed by atoms with Crippen LogP contribution < -0.4 is 4.90 Å². The maximum atomic E-state index is 4.99. The van der Waals surface area contributed by atoms with Gasteiger partial charge in [-0.15, -0.1) is 10.2 Å². The van der Waals surface area contributed by atoms with E-state index in [2.05, 4.69) is 43.8 Å². The highest BCUT2D eigenvalue weighted by Crippen LogP contribution is 2.29. The third kappa shape index (κ3) is 2.44. The van der Waals surface area contributed by atoms with Gasteiger partial charge in [0.25, 0.3) is 0 Å². The first kappa shape index (κ1) is 14.7. The van der Waals surface area contributed by atoms with Crippen LogP contribution in [0.25, 0.3) is 27.9 Å². The van der Waals surface area contributed by atoms with Gasteiger partial charge in [-0.3, -0.25) is 0 Å². The number of hydrogen-bond acceptors (Lipinski definition) is 5. The minimum absolute atomic E-state index is 0.849. The summed E-state index contributed by atoms with van der Waals surface area (Å²) in [5.74, 6) is 4.04. The summed E-state index contributed by atoms with van der Waals surface area (Å²) in [6.07, 6.45) is 0. The van der Waals surface area contributed by atoms with Crippen molar-refractivity contribution in [1.29, 1.82) is 0 Å². The Morgan fingerprint density at radius 2 is 1.60 bits per heavy atom. The molecule has 2 aromatic carbocycles. The third-order valence-electron chi connectivity index (χ3n) is 4.55. The van der Waals surface area contributed by atoms with Gasteiger partial charge in [-0.2, -0.15) is 11.8 Å². The molecule has 1 fully saturated rings. The molecule has 0 saturated carbocycles. The number of anilines is 1. The van der Waals surface area contributed by atoms with Crippen LogP contribution in [0, 0.1) is 0 Å². The van der Waals surface area contributed by atoms with E-state index in [0.717, 1.165) is 58.5 Å². The van der Waals surface area contributed by atoms with Crippen LogP contribution in [-0.2, 0) is 0 Å². The van der Waals surface area contributed by atoms with Gasteiger partial charge in [-0.05, 0) is 12.1 Å². The van der Waals surface area contributed by atoms with E-state index in [-0.39, 0.29) is 0 Å². The Hall–Kier alpha value is -2.60. The number of rotatable bonds is 2. The Morgan fingerprint density at radius 1 is 0.840 bits per heavy atom. The predicted octanol–water partition coefficient (Wildman–Crippen LogP) is 3.50. The van der Waals surface area contributed by atoms with E-state index in [1.807, 2.05) is 42.1 Å². The molecule has 0 spiro atoms. The fraction of sp³-hybridized carbons (Fsp3) is 0.211. The number of benzene rings is 2. The lowest BCUT2D eigenvalue weighted by Gasteiger charge is -2.28. The van der Waals surface area contributed by atoms with Crippen LogP contribution in [0.5, 0.6) is 0 Å². The lowest BCUT2D eigenvalue weighted by Crippen LogP contribution is -2.34. The zero-order valence-corrected chi connectivity index (χ0v) is 14.5.